The van der Waals surface area contributed by atoms with Crippen molar-refractivity contribution in [2.75, 3.05) is 32.1 Å². The third-order valence-electron chi connectivity index (χ3n) is 3.27. The topological polar surface area (TPSA) is 50.4 Å². The zero-order valence-corrected chi connectivity index (χ0v) is 11.0. The fourth-order valence-corrected chi connectivity index (χ4v) is 2.25. The average molecular weight is 266 g/mol. The molecule has 0 radical (unpaired) electrons. The van der Waals surface area contributed by atoms with Crippen LogP contribution in [-0.4, -0.2) is 38.6 Å². The van der Waals surface area contributed by atoms with Gasteiger partial charge in [-0.3, -0.25) is 4.79 Å². The van der Waals surface area contributed by atoms with Gasteiger partial charge in [-0.2, -0.15) is 0 Å². The summed E-state index contributed by atoms with van der Waals surface area (Å²) in [5.41, 5.74) is 0.481. The van der Waals surface area contributed by atoms with Crippen molar-refractivity contribution < 1.29 is 13.9 Å². The molecule has 0 unspecified atom stereocenters. The molecule has 0 aliphatic carbocycles. The van der Waals surface area contributed by atoms with Crippen LogP contribution in [0.25, 0.3) is 0 Å². The minimum atomic E-state index is -0.483. The highest BCUT2D eigenvalue weighted by molar-refractivity contribution is 5.98. The quantitative estimate of drug-likeness (QED) is 0.798. The summed E-state index contributed by atoms with van der Waals surface area (Å²) >= 11 is 0. The summed E-state index contributed by atoms with van der Waals surface area (Å²) in [6, 6.07) is 5.10. The van der Waals surface area contributed by atoms with E-state index in [0.717, 1.165) is 25.9 Å². The zero-order valence-electron chi connectivity index (χ0n) is 11.0. The van der Waals surface area contributed by atoms with Gasteiger partial charge in [-0.25, -0.2) is 4.39 Å². The maximum atomic E-state index is 14.2. The summed E-state index contributed by atoms with van der Waals surface area (Å²) in [5, 5.41) is 6.44. The van der Waals surface area contributed by atoms with E-state index in [0.29, 0.717) is 5.69 Å². The van der Waals surface area contributed by atoms with Crippen molar-refractivity contribution >= 4 is 11.5 Å². The molecule has 1 saturated heterocycles. The first-order chi connectivity index (χ1) is 9.22. The van der Waals surface area contributed by atoms with Crippen molar-refractivity contribution in [3.05, 3.63) is 29.6 Å². The molecule has 5 heteroatoms. The molecule has 0 spiro atoms. The van der Waals surface area contributed by atoms with Gasteiger partial charge < -0.3 is 15.4 Å². The van der Waals surface area contributed by atoms with Gasteiger partial charge in [-0.1, -0.05) is 6.07 Å². The molecule has 1 heterocycles. The van der Waals surface area contributed by atoms with E-state index in [-0.39, 0.29) is 24.0 Å². The van der Waals surface area contributed by atoms with E-state index >= 15 is 0 Å². The van der Waals surface area contributed by atoms with E-state index in [1.807, 2.05) is 0 Å². The van der Waals surface area contributed by atoms with Crippen LogP contribution in [0.15, 0.2) is 18.2 Å². The van der Waals surface area contributed by atoms with Crippen LogP contribution in [0, 0.1) is 5.82 Å². The van der Waals surface area contributed by atoms with E-state index in [4.69, 9.17) is 4.74 Å². The first-order valence-electron chi connectivity index (χ1n) is 6.50. The first-order valence-corrected chi connectivity index (χ1v) is 6.50. The normalized spacial score (nSPS) is 16.3. The summed E-state index contributed by atoms with van der Waals surface area (Å²) in [7, 11) is 1.42. The number of methoxy groups -OCH3 is 1. The number of halogens is 1. The lowest BCUT2D eigenvalue weighted by Crippen LogP contribution is -2.35. The van der Waals surface area contributed by atoms with Crippen LogP contribution in [0.1, 0.15) is 23.2 Å². The van der Waals surface area contributed by atoms with Gasteiger partial charge in [0.15, 0.2) is 11.6 Å². The second kappa shape index (κ2) is 6.63. The third kappa shape index (κ3) is 3.52. The number of benzene rings is 1. The molecule has 0 saturated carbocycles. The lowest BCUT2D eigenvalue weighted by Gasteiger charge is -2.25. The lowest BCUT2D eigenvalue weighted by molar-refractivity contribution is 0.0844. The summed E-state index contributed by atoms with van der Waals surface area (Å²) in [6.45, 7) is 1.76. The Morgan fingerprint density at radius 1 is 1.47 bits per heavy atom. The van der Waals surface area contributed by atoms with Gasteiger partial charge in [0, 0.05) is 13.2 Å². The molecule has 0 aromatic heterocycles. The van der Waals surface area contributed by atoms with Gasteiger partial charge in [0.1, 0.15) is 6.61 Å². The molecule has 1 aliphatic heterocycles. The number of anilines is 1. The van der Waals surface area contributed by atoms with Crippen molar-refractivity contribution in [1.82, 2.24) is 5.32 Å². The summed E-state index contributed by atoms with van der Waals surface area (Å²) in [6.07, 6.45) is 1.91. The molecule has 2 N–H and O–H groups in total. The number of ether oxygens (including phenoxy) is 1. The Bertz CT molecular complexity index is 445. The number of hydrogen-bond acceptors (Lipinski definition) is 4. The largest absolute Gasteiger partial charge is 0.380 e. The Morgan fingerprint density at radius 2 is 2.21 bits per heavy atom. The summed E-state index contributed by atoms with van der Waals surface area (Å²) in [5.74, 6) is -0.822. The minimum absolute atomic E-state index is 0.0841. The van der Waals surface area contributed by atoms with Crippen LogP contribution in [-0.2, 0) is 4.74 Å². The summed E-state index contributed by atoms with van der Waals surface area (Å²) in [4.78, 5) is 11.7. The van der Waals surface area contributed by atoms with Gasteiger partial charge >= 0.3 is 0 Å². The van der Waals surface area contributed by atoms with Crippen LogP contribution in [0.2, 0.25) is 0 Å². The molecule has 0 amide bonds. The highest BCUT2D eigenvalue weighted by Crippen LogP contribution is 2.21. The highest BCUT2D eigenvalue weighted by atomic mass is 19.1. The Balaban J connectivity index is 2.12. The SMILES string of the molecule is COCC(=O)c1cccc(NC2CCNCC2)c1F. The second-order valence-corrected chi connectivity index (χ2v) is 4.69. The molecule has 19 heavy (non-hydrogen) atoms. The lowest BCUT2D eigenvalue weighted by atomic mass is 10.0. The number of carbonyl (C=O) groups excluding carboxylic acids is 1. The van der Waals surface area contributed by atoms with Crippen LogP contribution >= 0.6 is 0 Å². The molecule has 1 aliphatic rings. The molecular formula is C14H19FN2O2. The van der Waals surface area contributed by atoms with Crippen molar-refractivity contribution in [2.24, 2.45) is 0 Å². The maximum Gasteiger partial charge on any atom is 0.191 e. The van der Waals surface area contributed by atoms with Crippen LogP contribution in [0.3, 0.4) is 0 Å². The number of ketones is 1. The van der Waals surface area contributed by atoms with Crippen molar-refractivity contribution in [3.63, 3.8) is 0 Å². The van der Waals surface area contributed by atoms with E-state index in [1.54, 1.807) is 12.1 Å². The van der Waals surface area contributed by atoms with Gasteiger partial charge in [-0.15, -0.1) is 0 Å². The van der Waals surface area contributed by atoms with E-state index < -0.39 is 5.82 Å². The molecule has 4 nitrogen and oxygen atoms in total. The van der Waals surface area contributed by atoms with E-state index in [1.165, 1.54) is 13.2 Å². The van der Waals surface area contributed by atoms with Crippen LogP contribution in [0.5, 0.6) is 0 Å². The van der Waals surface area contributed by atoms with Gasteiger partial charge in [0.2, 0.25) is 0 Å². The Labute approximate surface area is 112 Å². The molecule has 104 valence electrons. The summed E-state index contributed by atoms with van der Waals surface area (Å²) < 4.78 is 19.0. The van der Waals surface area contributed by atoms with Crippen molar-refractivity contribution in [3.8, 4) is 0 Å². The number of hydrogen-bond donors (Lipinski definition) is 2. The number of piperidine rings is 1. The fraction of sp³-hybridized carbons (Fsp3) is 0.500. The van der Waals surface area contributed by atoms with E-state index in [2.05, 4.69) is 10.6 Å². The number of nitrogens with one attached hydrogen (secondary N) is 2. The number of rotatable bonds is 5. The number of carbonyl (C=O) groups is 1. The van der Waals surface area contributed by atoms with Gasteiger partial charge in [-0.05, 0) is 38.1 Å². The fourth-order valence-electron chi connectivity index (χ4n) is 2.25. The first kappa shape index (κ1) is 14.0. The predicted octanol–water partition coefficient (Wildman–Crippen LogP) is 1.82. The standard InChI is InChI=1S/C14H19FN2O2/c1-19-9-13(18)11-3-2-4-12(14(11)15)17-10-5-7-16-8-6-10/h2-4,10,16-17H,5-9H2,1H3. The van der Waals surface area contributed by atoms with Gasteiger partial charge in [0.05, 0.1) is 11.3 Å². The smallest absolute Gasteiger partial charge is 0.191 e. The Morgan fingerprint density at radius 3 is 2.89 bits per heavy atom. The highest BCUT2D eigenvalue weighted by Gasteiger charge is 2.18. The Hall–Kier alpha value is -1.46. The minimum Gasteiger partial charge on any atom is -0.380 e. The average Bonchev–Trinajstić information content (AvgIpc) is 2.42. The molecule has 0 bridgehead atoms. The van der Waals surface area contributed by atoms with Crippen LogP contribution in [0.4, 0.5) is 10.1 Å². The molecule has 1 fully saturated rings. The van der Waals surface area contributed by atoms with E-state index in [9.17, 15) is 9.18 Å². The maximum absolute atomic E-state index is 14.2. The molecule has 1 aromatic carbocycles. The zero-order chi connectivity index (χ0) is 13.7. The second-order valence-electron chi connectivity index (χ2n) is 4.69. The molecule has 2 rings (SSSR count). The predicted molar refractivity (Wildman–Crippen MR) is 72.1 cm³/mol. The van der Waals surface area contributed by atoms with Crippen LogP contribution < -0.4 is 10.6 Å². The van der Waals surface area contributed by atoms with Crippen molar-refractivity contribution in [2.45, 2.75) is 18.9 Å². The molecular weight excluding hydrogens is 247 g/mol. The monoisotopic (exact) mass is 266 g/mol. The third-order valence-corrected chi connectivity index (χ3v) is 3.27. The molecule has 0 atom stereocenters. The van der Waals surface area contributed by atoms with Crippen molar-refractivity contribution in [1.29, 1.82) is 0 Å². The molecule has 1 aromatic rings. The Kier molecular flexibility index (Phi) is 4.87. The van der Waals surface area contributed by atoms with Gasteiger partial charge in [0.25, 0.3) is 0 Å². The number of Topliss-reactive ketones (excluding diaryl/α,β-unsaturated/α-hetero) is 1.